The number of carbonyl (C=O) groups excluding carboxylic acids is 1. The maximum absolute atomic E-state index is 11.1. The Morgan fingerprint density at radius 1 is 0.968 bits per heavy atom. The molecule has 0 aliphatic rings. The molecule has 0 saturated carbocycles. The molecule has 0 unspecified atom stereocenters. The molecule has 31 heavy (non-hydrogen) atoms. The molecule has 3 rings (SSSR count). The minimum absolute atomic E-state index is 0.423. The Kier molecular flexibility index (Phi) is 9.05. The number of nitrogens with zero attached hydrogens (tertiary/aromatic N) is 2. The molecular formula is C20H19N3O7S. The van der Waals surface area contributed by atoms with Gasteiger partial charge in [0.25, 0.3) is 0 Å². The molecule has 0 aliphatic carbocycles. The smallest absolute Gasteiger partial charge is 0.414 e. The predicted octanol–water partition coefficient (Wildman–Crippen LogP) is 2.30. The first-order valence-corrected chi connectivity index (χ1v) is 9.96. The quantitative estimate of drug-likeness (QED) is 0.346. The highest BCUT2D eigenvalue weighted by Crippen LogP contribution is 2.20. The number of hydrogen-bond donors (Lipinski definition) is 3. The molecule has 0 aliphatic heterocycles. The van der Waals surface area contributed by atoms with E-state index in [4.69, 9.17) is 34.7 Å². The first-order chi connectivity index (χ1) is 14.9. The van der Waals surface area contributed by atoms with Crippen molar-refractivity contribution in [1.82, 2.24) is 10.2 Å². The second-order valence-corrected chi connectivity index (χ2v) is 6.87. The molecule has 3 aromatic rings. The summed E-state index contributed by atoms with van der Waals surface area (Å²) >= 11 is 1.66. The first kappa shape index (κ1) is 23.4. The second-order valence-electron chi connectivity index (χ2n) is 5.77. The lowest BCUT2D eigenvalue weighted by molar-refractivity contribution is -0.159. The summed E-state index contributed by atoms with van der Waals surface area (Å²) < 4.78 is 11.3. The SMILES string of the molecule is NC(=O)c1ccc(-c2nnc(CSCCOc3ccccc3)o2)cc1.O=C(O)C(=O)O. The molecule has 0 saturated heterocycles. The van der Waals surface area contributed by atoms with Crippen molar-refractivity contribution in [3.8, 4) is 17.2 Å². The highest BCUT2D eigenvalue weighted by Gasteiger charge is 2.09. The van der Waals surface area contributed by atoms with E-state index in [-0.39, 0.29) is 0 Å². The van der Waals surface area contributed by atoms with Crippen LogP contribution in [-0.4, -0.2) is 50.6 Å². The van der Waals surface area contributed by atoms with E-state index in [2.05, 4.69) is 10.2 Å². The molecule has 2 aromatic carbocycles. The van der Waals surface area contributed by atoms with Crippen LogP contribution in [0.1, 0.15) is 16.2 Å². The van der Waals surface area contributed by atoms with Gasteiger partial charge in [-0.3, -0.25) is 4.79 Å². The zero-order valence-electron chi connectivity index (χ0n) is 16.1. The van der Waals surface area contributed by atoms with Gasteiger partial charge in [0.05, 0.1) is 12.4 Å². The van der Waals surface area contributed by atoms with E-state index in [0.717, 1.165) is 17.1 Å². The van der Waals surface area contributed by atoms with Crippen LogP contribution in [0.25, 0.3) is 11.5 Å². The molecule has 0 spiro atoms. The van der Waals surface area contributed by atoms with E-state index in [1.165, 1.54) is 0 Å². The molecule has 11 heteroatoms. The van der Waals surface area contributed by atoms with E-state index >= 15 is 0 Å². The van der Waals surface area contributed by atoms with Gasteiger partial charge in [-0.1, -0.05) is 18.2 Å². The zero-order chi connectivity index (χ0) is 22.6. The van der Waals surface area contributed by atoms with Crippen LogP contribution in [0.4, 0.5) is 0 Å². The molecule has 0 fully saturated rings. The van der Waals surface area contributed by atoms with Crippen molar-refractivity contribution in [2.75, 3.05) is 12.4 Å². The van der Waals surface area contributed by atoms with Crippen LogP contribution in [0.5, 0.6) is 5.75 Å². The maximum Gasteiger partial charge on any atom is 0.414 e. The van der Waals surface area contributed by atoms with E-state index in [1.807, 2.05) is 30.3 Å². The van der Waals surface area contributed by atoms with Crippen molar-refractivity contribution in [3.63, 3.8) is 0 Å². The normalized spacial score (nSPS) is 9.94. The number of benzene rings is 2. The number of thioether (sulfide) groups is 1. The van der Waals surface area contributed by atoms with Crippen molar-refractivity contribution in [2.24, 2.45) is 5.73 Å². The zero-order valence-corrected chi connectivity index (χ0v) is 16.9. The van der Waals surface area contributed by atoms with E-state index in [0.29, 0.717) is 29.7 Å². The number of ether oxygens (including phenoxy) is 1. The second kappa shape index (κ2) is 12.0. The number of para-hydroxylation sites is 1. The number of carboxylic acids is 2. The monoisotopic (exact) mass is 445 g/mol. The van der Waals surface area contributed by atoms with Crippen molar-refractivity contribution < 1.29 is 33.8 Å². The van der Waals surface area contributed by atoms with Crippen LogP contribution < -0.4 is 10.5 Å². The minimum Gasteiger partial charge on any atom is -0.493 e. The third-order valence-corrected chi connectivity index (χ3v) is 4.44. The van der Waals surface area contributed by atoms with E-state index in [1.54, 1.807) is 36.0 Å². The third-order valence-electron chi connectivity index (χ3n) is 3.53. The number of rotatable bonds is 8. The molecule has 0 atom stereocenters. The largest absolute Gasteiger partial charge is 0.493 e. The summed E-state index contributed by atoms with van der Waals surface area (Å²) in [6.45, 7) is 0.615. The summed E-state index contributed by atoms with van der Waals surface area (Å²) in [4.78, 5) is 29.3. The van der Waals surface area contributed by atoms with Crippen LogP contribution in [0.15, 0.2) is 59.0 Å². The topological polar surface area (TPSA) is 166 Å². The first-order valence-electron chi connectivity index (χ1n) is 8.81. The van der Waals surface area contributed by atoms with Gasteiger partial charge in [-0.05, 0) is 36.4 Å². The number of nitrogens with two attached hydrogens (primary N) is 1. The molecule has 0 radical (unpaired) electrons. The van der Waals surface area contributed by atoms with Gasteiger partial charge in [-0.2, -0.15) is 0 Å². The van der Waals surface area contributed by atoms with Gasteiger partial charge in [0.1, 0.15) is 5.75 Å². The molecule has 4 N–H and O–H groups in total. The Labute approximate surface area is 181 Å². The molecule has 1 heterocycles. The molecule has 10 nitrogen and oxygen atoms in total. The van der Waals surface area contributed by atoms with Gasteiger partial charge in [0.2, 0.25) is 17.7 Å². The van der Waals surface area contributed by atoms with Gasteiger partial charge < -0.3 is 25.1 Å². The lowest BCUT2D eigenvalue weighted by Gasteiger charge is -2.04. The van der Waals surface area contributed by atoms with Crippen LogP contribution in [0, 0.1) is 0 Å². The number of aromatic nitrogens is 2. The van der Waals surface area contributed by atoms with Crippen LogP contribution in [0.2, 0.25) is 0 Å². The van der Waals surface area contributed by atoms with Crippen molar-refractivity contribution in [3.05, 3.63) is 66.1 Å². The molecular weight excluding hydrogens is 426 g/mol. The van der Waals surface area contributed by atoms with Gasteiger partial charge in [0.15, 0.2) is 0 Å². The van der Waals surface area contributed by atoms with Gasteiger partial charge in [-0.25, -0.2) is 9.59 Å². The molecule has 1 amide bonds. The van der Waals surface area contributed by atoms with Crippen molar-refractivity contribution in [1.29, 1.82) is 0 Å². The van der Waals surface area contributed by atoms with Gasteiger partial charge >= 0.3 is 11.9 Å². The Hall–Kier alpha value is -3.86. The minimum atomic E-state index is -1.82. The fourth-order valence-electron chi connectivity index (χ4n) is 2.10. The highest BCUT2D eigenvalue weighted by molar-refractivity contribution is 7.98. The lowest BCUT2D eigenvalue weighted by Crippen LogP contribution is -2.10. The number of amides is 1. The summed E-state index contributed by atoms with van der Waals surface area (Å²) in [6.07, 6.45) is 0. The number of primary amides is 1. The fourth-order valence-corrected chi connectivity index (χ4v) is 2.74. The van der Waals surface area contributed by atoms with Crippen LogP contribution >= 0.6 is 11.8 Å². The van der Waals surface area contributed by atoms with E-state index in [9.17, 15) is 4.79 Å². The fraction of sp³-hybridized carbons (Fsp3) is 0.150. The predicted molar refractivity (Wildman–Crippen MR) is 112 cm³/mol. The standard InChI is InChI=1S/C18H17N3O3S.C2H2O4/c19-17(22)13-6-8-14(9-7-13)18-21-20-16(24-18)12-25-11-10-23-15-4-2-1-3-5-15;3-1(4)2(5)6/h1-9H,10-12H2,(H2,19,22);(H,3,4)(H,5,6). The lowest BCUT2D eigenvalue weighted by atomic mass is 10.1. The average molecular weight is 445 g/mol. The molecule has 1 aromatic heterocycles. The van der Waals surface area contributed by atoms with Crippen LogP contribution in [-0.2, 0) is 15.3 Å². The Bertz CT molecular complexity index is 995. The number of carboxylic acid groups (broad SMARTS) is 2. The average Bonchev–Trinajstić information content (AvgIpc) is 3.23. The number of carbonyl (C=O) groups is 3. The Morgan fingerprint density at radius 3 is 2.19 bits per heavy atom. The Morgan fingerprint density at radius 2 is 1.61 bits per heavy atom. The summed E-state index contributed by atoms with van der Waals surface area (Å²) in [5.41, 5.74) is 6.41. The Balaban J connectivity index is 0.000000501. The van der Waals surface area contributed by atoms with E-state index < -0.39 is 17.8 Å². The molecule has 162 valence electrons. The number of hydrogen-bond acceptors (Lipinski definition) is 8. The maximum atomic E-state index is 11.1. The summed E-state index contributed by atoms with van der Waals surface area (Å²) in [6, 6.07) is 16.4. The van der Waals surface area contributed by atoms with Gasteiger partial charge in [0, 0.05) is 16.9 Å². The van der Waals surface area contributed by atoms with Crippen molar-refractivity contribution in [2.45, 2.75) is 5.75 Å². The third kappa shape index (κ3) is 8.19. The van der Waals surface area contributed by atoms with Crippen molar-refractivity contribution >= 4 is 29.6 Å². The number of aliphatic carboxylic acids is 2. The highest BCUT2D eigenvalue weighted by atomic mass is 32.2. The van der Waals surface area contributed by atoms with Gasteiger partial charge in [-0.15, -0.1) is 22.0 Å². The summed E-state index contributed by atoms with van der Waals surface area (Å²) in [7, 11) is 0. The summed E-state index contributed by atoms with van der Waals surface area (Å²) in [5, 5.41) is 22.8. The van der Waals surface area contributed by atoms with Crippen LogP contribution in [0.3, 0.4) is 0 Å². The molecule has 0 bridgehead atoms. The summed E-state index contributed by atoms with van der Waals surface area (Å²) in [5.74, 6) is -0.838.